The molecule has 0 aliphatic heterocycles. The van der Waals surface area contributed by atoms with Gasteiger partial charge in [-0.3, -0.25) is 4.79 Å². The number of benzene rings is 1. The molecule has 3 aromatic rings. The van der Waals surface area contributed by atoms with E-state index in [-0.39, 0.29) is 5.15 Å². The van der Waals surface area contributed by atoms with E-state index in [1.807, 2.05) is 13.8 Å². The van der Waals surface area contributed by atoms with Gasteiger partial charge < -0.3 is 10.1 Å². The number of amides is 1. The van der Waals surface area contributed by atoms with Crippen LogP contribution < -0.4 is 5.32 Å². The van der Waals surface area contributed by atoms with Gasteiger partial charge in [0.1, 0.15) is 0 Å². The number of esters is 1. The maximum atomic E-state index is 12.4. The summed E-state index contributed by atoms with van der Waals surface area (Å²) in [5.74, 6) is -1.14. The van der Waals surface area contributed by atoms with Gasteiger partial charge in [-0.25, -0.2) is 19.7 Å². The quantitative estimate of drug-likeness (QED) is 0.546. The second kappa shape index (κ2) is 7.67. The van der Waals surface area contributed by atoms with Crippen LogP contribution in [0.3, 0.4) is 0 Å². The second-order valence-corrected chi connectivity index (χ2v) is 6.33. The van der Waals surface area contributed by atoms with Gasteiger partial charge in [0.05, 0.1) is 33.7 Å². The highest BCUT2D eigenvalue weighted by molar-refractivity contribution is 6.32. The van der Waals surface area contributed by atoms with Crippen LogP contribution in [-0.2, 0) is 9.53 Å². The van der Waals surface area contributed by atoms with E-state index in [9.17, 15) is 9.59 Å². The summed E-state index contributed by atoms with van der Waals surface area (Å²) in [5.41, 5.74) is 3.53. The molecule has 0 radical (unpaired) electrons. The van der Waals surface area contributed by atoms with Crippen molar-refractivity contribution in [3.63, 3.8) is 0 Å². The Bertz CT molecular complexity index is 1040. The first-order valence-electron chi connectivity index (χ1n) is 8.22. The molecule has 0 fully saturated rings. The Balaban J connectivity index is 1.72. The summed E-state index contributed by atoms with van der Waals surface area (Å²) >= 11 is 5.91. The molecule has 0 saturated carbocycles. The summed E-state index contributed by atoms with van der Waals surface area (Å²) in [5, 5.41) is 2.73. The summed E-state index contributed by atoms with van der Waals surface area (Å²) in [6, 6.07) is 8.13. The average Bonchev–Trinajstić information content (AvgIpc) is 2.64. The molecule has 0 saturated heterocycles. The Morgan fingerprint density at radius 1 is 1.11 bits per heavy atom. The maximum absolute atomic E-state index is 12.4. The molecule has 0 bridgehead atoms. The zero-order valence-electron chi connectivity index (χ0n) is 15.0. The number of nitrogens with zero attached hydrogens (tertiary/aromatic N) is 3. The fraction of sp³-hybridized carbons (Fsp3) is 0.211. The molecule has 1 amide bonds. The fourth-order valence-corrected chi connectivity index (χ4v) is 2.52. The molecule has 1 N–H and O–H groups in total. The van der Waals surface area contributed by atoms with E-state index in [1.54, 1.807) is 30.3 Å². The number of carbonyl (C=O) groups excluding carboxylic acids is 2. The van der Waals surface area contributed by atoms with Crippen molar-refractivity contribution in [3.05, 3.63) is 58.6 Å². The molecule has 0 aliphatic carbocycles. The van der Waals surface area contributed by atoms with Gasteiger partial charge in [-0.05, 0) is 51.1 Å². The Kier molecular flexibility index (Phi) is 5.32. The minimum absolute atomic E-state index is 0.156. The molecule has 1 atom stereocenters. The van der Waals surface area contributed by atoms with Crippen molar-refractivity contribution in [1.82, 2.24) is 15.0 Å². The summed E-state index contributed by atoms with van der Waals surface area (Å²) in [4.78, 5) is 37.3. The van der Waals surface area contributed by atoms with Crippen LogP contribution in [0.5, 0.6) is 0 Å². The van der Waals surface area contributed by atoms with Gasteiger partial charge in [-0.2, -0.15) is 0 Å². The SMILES string of the molecule is Cc1nc2ccc(C(=O)O[C@@H](C)C(=O)Nc3cccnc3Cl)cc2nc1C. The lowest BCUT2D eigenvalue weighted by molar-refractivity contribution is -0.123. The number of carbonyl (C=O) groups is 2. The van der Waals surface area contributed by atoms with Gasteiger partial charge in [0.25, 0.3) is 5.91 Å². The van der Waals surface area contributed by atoms with Crippen LogP contribution in [0.25, 0.3) is 11.0 Å². The van der Waals surface area contributed by atoms with Gasteiger partial charge in [-0.1, -0.05) is 11.6 Å². The minimum atomic E-state index is -1.02. The smallest absolute Gasteiger partial charge is 0.338 e. The van der Waals surface area contributed by atoms with E-state index in [1.165, 1.54) is 13.1 Å². The zero-order chi connectivity index (χ0) is 19.6. The van der Waals surface area contributed by atoms with Crippen molar-refractivity contribution in [2.24, 2.45) is 0 Å². The molecule has 3 rings (SSSR count). The second-order valence-electron chi connectivity index (χ2n) is 5.98. The third-order valence-corrected chi connectivity index (χ3v) is 4.28. The van der Waals surface area contributed by atoms with Gasteiger partial charge in [0, 0.05) is 6.20 Å². The van der Waals surface area contributed by atoms with Gasteiger partial charge >= 0.3 is 5.97 Å². The lowest BCUT2D eigenvalue weighted by atomic mass is 10.2. The van der Waals surface area contributed by atoms with Gasteiger partial charge in [-0.15, -0.1) is 0 Å². The lowest BCUT2D eigenvalue weighted by Crippen LogP contribution is -2.30. The van der Waals surface area contributed by atoms with E-state index < -0.39 is 18.0 Å². The number of pyridine rings is 1. The van der Waals surface area contributed by atoms with Crippen molar-refractivity contribution < 1.29 is 14.3 Å². The highest BCUT2D eigenvalue weighted by atomic mass is 35.5. The number of hydrogen-bond acceptors (Lipinski definition) is 6. The number of ether oxygens (including phenoxy) is 1. The highest BCUT2D eigenvalue weighted by Crippen LogP contribution is 2.19. The highest BCUT2D eigenvalue weighted by Gasteiger charge is 2.20. The Morgan fingerprint density at radius 3 is 2.52 bits per heavy atom. The summed E-state index contributed by atoms with van der Waals surface area (Å²) in [6.07, 6.45) is 0.489. The Morgan fingerprint density at radius 2 is 1.81 bits per heavy atom. The number of anilines is 1. The predicted octanol–water partition coefficient (Wildman–Crippen LogP) is 3.48. The summed E-state index contributed by atoms with van der Waals surface area (Å²) in [7, 11) is 0. The van der Waals surface area contributed by atoms with E-state index in [2.05, 4.69) is 20.3 Å². The van der Waals surface area contributed by atoms with Gasteiger partial charge in [0.15, 0.2) is 11.3 Å². The van der Waals surface area contributed by atoms with Crippen LogP contribution in [0, 0.1) is 13.8 Å². The summed E-state index contributed by atoms with van der Waals surface area (Å²) in [6.45, 7) is 5.20. The molecule has 0 aliphatic rings. The number of rotatable bonds is 4. The van der Waals surface area contributed by atoms with E-state index in [0.717, 1.165) is 11.4 Å². The van der Waals surface area contributed by atoms with E-state index in [0.29, 0.717) is 22.3 Å². The van der Waals surface area contributed by atoms with Crippen molar-refractivity contribution in [1.29, 1.82) is 0 Å². The van der Waals surface area contributed by atoms with E-state index >= 15 is 0 Å². The predicted molar refractivity (Wildman–Crippen MR) is 102 cm³/mol. The molecule has 1 aromatic carbocycles. The fourth-order valence-electron chi connectivity index (χ4n) is 2.35. The number of aromatic nitrogens is 3. The first-order valence-corrected chi connectivity index (χ1v) is 8.60. The number of aryl methyl sites for hydroxylation is 2. The number of halogens is 1. The standard InChI is InChI=1S/C19H17ClN4O3/c1-10-11(2)23-16-9-13(6-7-14(16)22-10)19(26)27-12(3)18(25)24-15-5-4-8-21-17(15)20/h4-9,12H,1-3H3,(H,24,25)/t12-/m0/s1. The molecule has 8 heteroatoms. The molecule has 138 valence electrons. The number of nitrogens with one attached hydrogen (secondary N) is 1. The number of hydrogen-bond donors (Lipinski definition) is 1. The topological polar surface area (TPSA) is 94.1 Å². The Hall–Kier alpha value is -3.06. The molecule has 2 aromatic heterocycles. The Labute approximate surface area is 160 Å². The third-order valence-electron chi connectivity index (χ3n) is 3.98. The minimum Gasteiger partial charge on any atom is -0.449 e. The maximum Gasteiger partial charge on any atom is 0.338 e. The number of fused-ring (bicyclic) bond motifs is 1. The zero-order valence-corrected chi connectivity index (χ0v) is 15.7. The molecular weight excluding hydrogens is 368 g/mol. The van der Waals surface area contributed by atoms with Crippen molar-refractivity contribution in [3.8, 4) is 0 Å². The molecule has 2 heterocycles. The van der Waals surface area contributed by atoms with E-state index in [4.69, 9.17) is 16.3 Å². The van der Waals surface area contributed by atoms with Crippen LogP contribution in [0.1, 0.15) is 28.7 Å². The molecule has 7 nitrogen and oxygen atoms in total. The van der Waals surface area contributed by atoms with Gasteiger partial charge in [0.2, 0.25) is 0 Å². The average molecular weight is 385 g/mol. The van der Waals surface area contributed by atoms with Crippen molar-refractivity contribution in [2.45, 2.75) is 26.9 Å². The third kappa shape index (κ3) is 4.20. The van der Waals surface area contributed by atoms with Crippen LogP contribution in [0.4, 0.5) is 5.69 Å². The molecular formula is C19H17ClN4O3. The largest absolute Gasteiger partial charge is 0.449 e. The molecule has 27 heavy (non-hydrogen) atoms. The first-order chi connectivity index (χ1) is 12.8. The van der Waals surface area contributed by atoms with Crippen molar-refractivity contribution in [2.75, 3.05) is 5.32 Å². The van der Waals surface area contributed by atoms with Crippen LogP contribution in [0.15, 0.2) is 36.5 Å². The van der Waals surface area contributed by atoms with Crippen molar-refractivity contribution >= 4 is 40.2 Å². The lowest BCUT2D eigenvalue weighted by Gasteiger charge is -2.14. The van der Waals surface area contributed by atoms with Crippen LogP contribution in [0.2, 0.25) is 5.15 Å². The van der Waals surface area contributed by atoms with Crippen LogP contribution >= 0.6 is 11.6 Å². The summed E-state index contributed by atoms with van der Waals surface area (Å²) < 4.78 is 5.25. The monoisotopic (exact) mass is 384 g/mol. The molecule has 0 spiro atoms. The van der Waals surface area contributed by atoms with Crippen LogP contribution in [-0.4, -0.2) is 32.9 Å². The first kappa shape index (κ1) is 18.7. The molecule has 0 unspecified atom stereocenters. The normalized spacial score (nSPS) is 11.9.